The van der Waals surface area contributed by atoms with Gasteiger partial charge < -0.3 is 28.6 Å². The number of ether oxygens (including phenoxy) is 1. The van der Waals surface area contributed by atoms with Gasteiger partial charge in [0.2, 0.25) is 8.32 Å². The van der Waals surface area contributed by atoms with E-state index in [1.165, 1.54) is 5.19 Å². The molecule has 2 unspecified atom stereocenters. The molecule has 150 valence electrons. The highest BCUT2D eigenvalue weighted by Gasteiger charge is 2.42. The quantitative estimate of drug-likeness (QED) is 0.322. The van der Waals surface area contributed by atoms with Crippen LogP contribution in [0, 0.1) is 0 Å². The van der Waals surface area contributed by atoms with E-state index in [9.17, 15) is 10.2 Å². The van der Waals surface area contributed by atoms with Crippen molar-refractivity contribution in [1.82, 2.24) is 0 Å². The Morgan fingerprint density at radius 2 is 1.69 bits per heavy atom. The molecule has 0 fully saturated rings. The van der Waals surface area contributed by atoms with Crippen molar-refractivity contribution in [1.29, 1.82) is 0 Å². The van der Waals surface area contributed by atoms with Gasteiger partial charge in [0.05, 0.1) is 13.2 Å². The summed E-state index contributed by atoms with van der Waals surface area (Å²) in [5, 5.41) is 28.6. The lowest BCUT2D eigenvalue weighted by molar-refractivity contribution is 0.00616. The fourth-order valence-corrected chi connectivity index (χ4v) is 11.3. The summed E-state index contributed by atoms with van der Waals surface area (Å²) in [6.45, 7) is 4.78. The maximum Gasteiger partial charge on any atom is 0.328 e. The summed E-state index contributed by atoms with van der Waals surface area (Å²) in [7, 11) is -2.92. The van der Waals surface area contributed by atoms with Crippen LogP contribution in [0.15, 0.2) is 30.3 Å². The largest absolute Gasteiger partial charge is 0.432 e. The van der Waals surface area contributed by atoms with E-state index in [4.69, 9.17) is 18.4 Å². The Hall–Kier alpha value is -0.586. The third kappa shape index (κ3) is 7.97. The monoisotopic (exact) mass is 402 g/mol. The summed E-state index contributed by atoms with van der Waals surface area (Å²) in [5.41, 5.74) is 0. The van der Waals surface area contributed by atoms with Gasteiger partial charge in [-0.05, 0) is 43.2 Å². The first kappa shape index (κ1) is 23.5. The first-order chi connectivity index (χ1) is 12.4. The smallest absolute Gasteiger partial charge is 0.328 e. The Morgan fingerprint density at radius 3 is 2.27 bits per heavy atom. The highest BCUT2D eigenvalue weighted by Crippen LogP contribution is 2.26. The normalized spacial score (nSPS) is 15.6. The standard InChI is InChI=1S/C18H34O6Si2/c1-22-26(13-7-11-19,14-8-12-23-16-17(21)15-20)24-25(2,3)18-9-5-4-6-10-18/h4-6,9-10,17,19-21H,7-8,11-16H2,1-3H3. The Kier molecular flexibility index (Phi) is 10.8. The molecule has 6 nitrogen and oxygen atoms in total. The highest BCUT2D eigenvalue weighted by molar-refractivity contribution is 6.91. The number of hydrogen-bond donors (Lipinski definition) is 3. The summed E-state index contributed by atoms with van der Waals surface area (Å²) in [5.74, 6) is 0. The average molecular weight is 403 g/mol. The fourth-order valence-electron chi connectivity index (χ4n) is 2.90. The topological polar surface area (TPSA) is 88.4 Å². The molecule has 1 aromatic rings. The van der Waals surface area contributed by atoms with Crippen molar-refractivity contribution in [3.05, 3.63) is 30.3 Å². The van der Waals surface area contributed by atoms with E-state index in [2.05, 4.69) is 25.2 Å². The summed E-state index contributed by atoms with van der Waals surface area (Å²) in [4.78, 5) is 0. The molecule has 0 heterocycles. The average Bonchev–Trinajstić information content (AvgIpc) is 2.66. The van der Waals surface area contributed by atoms with Gasteiger partial charge in [0.25, 0.3) is 0 Å². The van der Waals surface area contributed by atoms with Gasteiger partial charge in [-0.1, -0.05) is 30.3 Å². The van der Waals surface area contributed by atoms with E-state index >= 15 is 0 Å². The molecule has 3 N–H and O–H groups in total. The molecule has 0 radical (unpaired) electrons. The van der Waals surface area contributed by atoms with E-state index in [0.717, 1.165) is 18.5 Å². The predicted octanol–water partition coefficient (Wildman–Crippen LogP) is 1.35. The molecule has 0 bridgehead atoms. The van der Waals surface area contributed by atoms with Gasteiger partial charge in [0.15, 0.2) is 0 Å². The van der Waals surface area contributed by atoms with Crippen molar-refractivity contribution in [2.45, 2.75) is 44.1 Å². The maximum atomic E-state index is 9.32. The number of benzene rings is 1. The van der Waals surface area contributed by atoms with Gasteiger partial charge in [0.1, 0.15) is 6.10 Å². The van der Waals surface area contributed by atoms with Crippen molar-refractivity contribution < 1.29 is 28.6 Å². The van der Waals surface area contributed by atoms with Crippen LogP contribution in [0.1, 0.15) is 12.8 Å². The van der Waals surface area contributed by atoms with Crippen LogP contribution in [0.25, 0.3) is 0 Å². The second-order valence-electron chi connectivity index (χ2n) is 6.94. The molecule has 0 saturated carbocycles. The second kappa shape index (κ2) is 12.0. The fraction of sp³-hybridized carbons (Fsp3) is 0.667. The molecule has 0 saturated heterocycles. The molecule has 0 aromatic heterocycles. The first-order valence-corrected chi connectivity index (χ1v) is 14.3. The first-order valence-electron chi connectivity index (χ1n) is 9.17. The molecule has 1 rings (SSSR count). The molecule has 0 spiro atoms. The third-order valence-electron chi connectivity index (χ3n) is 4.37. The molecule has 8 heteroatoms. The Balaban J connectivity index is 2.72. The zero-order valence-electron chi connectivity index (χ0n) is 16.2. The molecular formula is C18H34O6Si2. The van der Waals surface area contributed by atoms with Crippen LogP contribution in [0.2, 0.25) is 25.2 Å². The molecule has 2 atom stereocenters. The van der Waals surface area contributed by atoms with Crippen molar-refractivity contribution in [2.75, 3.05) is 33.5 Å². The molecule has 0 aliphatic heterocycles. The van der Waals surface area contributed by atoms with Gasteiger partial charge >= 0.3 is 8.56 Å². The van der Waals surface area contributed by atoms with E-state index in [1.54, 1.807) is 7.11 Å². The Morgan fingerprint density at radius 1 is 1.04 bits per heavy atom. The van der Waals surface area contributed by atoms with Gasteiger partial charge in [-0.2, -0.15) is 0 Å². The summed E-state index contributed by atoms with van der Waals surface area (Å²) in [6, 6.07) is 11.8. The summed E-state index contributed by atoms with van der Waals surface area (Å²) >= 11 is 0. The zero-order valence-corrected chi connectivity index (χ0v) is 18.2. The second-order valence-corrected chi connectivity index (χ2v) is 14.6. The lowest BCUT2D eigenvalue weighted by atomic mass is 10.4. The molecule has 26 heavy (non-hydrogen) atoms. The highest BCUT2D eigenvalue weighted by atomic mass is 28.4. The van der Waals surface area contributed by atoms with Crippen molar-refractivity contribution in [3.8, 4) is 0 Å². The van der Waals surface area contributed by atoms with Gasteiger partial charge in [-0.25, -0.2) is 0 Å². The van der Waals surface area contributed by atoms with E-state index < -0.39 is 23.0 Å². The van der Waals surface area contributed by atoms with E-state index in [-0.39, 0.29) is 19.8 Å². The minimum absolute atomic E-state index is 0.119. The van der Waals surface area contributed by atoms with Crippen LogP contribution in [-0.2, 0) is 13.3 Å². The molecular weight excluding hydrogens is 368 g/mol. The summed E-state index contributed by atoms with van der Waals surface area (Å²) < 4.78 is 18.1. The van der Waals surface area contributed by atoms with Crippen molar-refractivity contribution >= 4 is 22.1 Å². The van der Waals surface area contributed by atoms with E-state index in [1.807, 2.05) is 18.2 Å². The number of hydrogen-bond acceptors (Lipinski definition) is 6. The van der Waals surface area contributed by atoms with Crippen molar-refractivity contribution in [3.63, 3.8) is 0 Å². The molecule has 0 aliphatic carbocycles. The Labute approximate surface area is 159 Å². The van der Waals surface area contributed by atoms with Crippen LogP contribution in [0.4, 0.5) is 0 Å². The molecule has 0 amide bonds. The van der Waals surface area contributed by atoms with Crippen LogP contribution in [-0.4, -0.2) is 71.8 Å². The lowest BCUT2D eigenvalue weighted by Gasteiger charge is -2.37. The Bertz CT molecular complexity index is 488. The number of aliphatic hydroxyl groups excluding tert-OH is 3. The molecule has 1 aromatic carbocycles. The number of rotatable bonds is 14. The minimum Gasteiger partial charge on any atom is -0.432 e. The zero-order chi connectivity index (χ0) is 19.5. The third-order valence-corrected chi connectivity index (χ3v) is 12.6. The van der Waals surface area contributed by atoms with Gasteiger partial charge in [0, 0.05) is 20.3 Å². The molecule has 0 aliphatic rings. The SMILES string of the molecule is CO[Si](CCCO)(CCCOCC(O)CO)O[Si](C)(C)c1ccccc1. The van der Waals surface area contributed by atoms with Crippen LogP contribution < -0.4 is 5.19 Å². The van der Waals surface area contributed by atoms with Crippen molar-refractivity contribution in [2.24, 2.45) is 0 Å². The minimum atomic E-state index is -2.48. The maximum absolute atomic E-state index is 9.32. The van der Waals surface area contributed by atoms with Gasteiger partial charge in [-0.3, -0.25) is 0 Å². The van der Waals surface area contributed by atoms with Crippen LogP contribution in [0.5, 0.6) is 0 Å². The lowest BCUT2D eigenvalue weighted by Crippen LogP contribution is -2.56. The number of aliphatic hydroxyl groups is 3. The van der Waals surface area contributed by atoms with Crippen LogP contribution >= 0.6 is 0 Å². The van der Waals surface area contributed by atoms with E-state index in [0.29, 0.717) is 13.0 Å². The van der Waals surface area contributed by atoms with Crippen LogP contribution in [0.3, 0.4) is 0 Å². The van der Waals surface area contributed by atoms with Gasteiger partial charge in [-0.15, -0.1) is 0 Å². The predicted molar refractivity (Wildman–Crippen MR) is 107 cm³/mol. The summed E-state index contributed by atoms with van der Waals surface area (Å²) in [6.07, 6.45) is 0.571.